The van der Waals surface area contributed by atoms with E-state index in [2.05, 4.69) is 18.8 Å². The molecule has 2 aromatic carbocycles. The number of nitrogens with zero attached hydrogens (tertiary/aromatic N) is 2. The van der Waals surface area contributed by atoms with E-state index in [4.69, 9.17) is 0 Å². The summed E-state index contributed by atoms with van der Waals surface area (Å²) in [5.41, 5.74) is 2.90. The van der Waals surface area contributed by atoms with Gasteiger partial charge in [0.15, 0.2) is 0 Å². The van der Waals surface area contributed by atoms with Gasteiger partial charge in [-0.25, -0.2) is 8.42 Å². The minimum atomic E-state index is -3.94. The van der Waals surface area contributed by atoms with E-state index >= 15 is 0 Å². The van der Waals surface area contributed by atoms with Gasteiger partial charge in [0.1, 0.15) is 22.0 Å². The molecule has 0 spiro atoms. The van der Waals surface area contributed by atoms with Crippen molar-refractivity contribution in [3.05, 3.63) is 53.6 Å². The van der Waals surface area contributed by atoms with Gasteiger partial charge >= 0.3 is 0 Å². The number of carbonyl (C=O) groups is 1. The summed E-state index contributed by atoms with van der Waals surface area (Å²) in [7, 11) is -3.94. The molecule has 148 valence electrons. The number of aryl methyl sites for hydroxylation is 1. The maximum atomic E-state index is 12.9. The molecule has 0 fully saturated rings. The first kappa shape index (κ1) is 20.4. The highest BCUT2D eigenvalue weighted by Gasteiger charge is 2.29. The van der Waals surface area contributed by atoms with Gasteiger partial charge in [-0.15, -0.1) is 0 Å². The van der Waals surface area contributed by atoms with E-state index in [1.165, 1.54) is 6.07 Å². The van der Waals surface area contributed by atoms with E-state index in [1.807, 2.05) is 31.2 Å². The minimum Gasteiger partial charge on any atom is -0.351 e. The summed E-state index contributed by atoms with van der Waals surface area (Å²) >= 11 is 0.950. The average molecular weight is 419 g/mol. The number of hydrogen-bond donors (Lipinski definition) is 2. The molecule has 0 saturated heterocycles. The number of sulfonamides is 1. The van der Waals surface area contributed by atoms with Gasteiger partial charge in [-0.3, -0.25) is 4.79 Å². The zero-order chi connectivity index (χ0) is 20.3. The molecule has 0 bridgehead atoms. The third-order valence-electron chi connectivity index (χ3n) is 4.36. The molecule has 0 aliphatic carbocycles. The molecule has 7 nitrogen and oxygen atoms in total. The SMILES string of the molecule is Cc1ccc(CNC(=O)[C@H](NS(=O)(=O)c2cccc3nsnc23)C(C)C)cc1. The van der Waals surface area contributed by atoms with Gasteiger partial charge in [0.25, 0.3) is 0 Å². The smallest absolute Gasteiger partial charge is 0.243 e. The Labute approximate surface area is 168 Å². The van der Waals surface area contributed by atoms with Gasteiger partial charge in [0.05, 0.1) is 11.7 Å². The van der Waals surface area contributed by atoms with Crippen molar-refractivity contribution in [1.29, 1.82) is 0 Å². The molecule has 3 rings (SSSR count). The molecule has 0 aliphatic heterocycles. The quantitative estimate of drug-likeness (QED) is 0.614. The van der Waals surface area contributed by atoms with Crippen molar-refractivity contribution in [2.75, 3.05) is 0 Å². The van der Waals surface area contributed by atoms with E-state index in [0.29, 0.717) is 17.6 Å². The van der Waals surface area contributed by atoms with Crippen LogP contribution >= 0.6 is 11.7 Å². The highest BCUT2D eigenvalue weighted by molar-refractivity contribution is 7.89. The highest BCUT2D eigenvalue weighted by atomic mass is 32.2. The molecular weight excluding hydrogens is 396 g/mol. The number of aromatic nitrogens is 2. The highest BCUT2D eigenvalue weighted by Crippen LogP contribution is 2.22. The fourth-order valence-corrected chi connectivity index (χ4v) is 4.84. The summed E-state index contributed by atoms with van der Waals surface area (Å²) in [4.78, 5) is 12.7. The Kier molecular flexibility index (Phi) is 6.07. The largest absolute Gasteiger partial charge is 0.351 e. The zero-order valence-electron chi connectivity index (χ0n) is 15.8. The van der Waals surface area contributed by atoms with Gasteiger partial charge in [0, 0.05) is 6.54 Å². The first-order valence-corrected chi connectivity index (χ1v) is 11.1. The van der Waals surface area contributed by atoms with Crippen molar-refractivity contribution in [2.45, 2.75) is 38.3 Å². The van der Waals surface area contributed by atoms with Crippen LogP contribution in [0.3, 0.4) is 0 Å². The number of benzene rings is 2. The van der Waals surface area contributed by atoms with Crippen LogP contribution in [0.1, 0.15) is 25.0 Å². The third-order valence-corrected chi connectivity index (χ3v) is 6.37. The molecule has 1 amide bonds. The fourth-order valence-electron chi connectivity index (χ4n) is 2.73. The summed E-state index contributed by atoms with van der Waals surface area (Å²) in [5.74, 6) is -0.608. The zero-order valence-corrected chi connectivity index (χ0v) is 17.5. The first-order valence-electron chi connectivity index (χ1n) is 8.85. The lowest BCUT2D eigenvalue weighted by molar-refractivity contribution is -0.123. The number of hydrogen-bond acceptors (Lipinski definition) is 6. The Morgan fingerprint density at radius 3 is 2.50 bits per heavy atom. The van der Waals surface area contributed by atoms with Crippen molar-refractivity contribution in [2.24, 2.45) is 5.92 Å². The number of fused-ring (bicyclic) bond motifs is 1. The second-order valence-electron chi connectivity index (χ2n) is 6.93. The third kappa shape index (κ3) is 4.54. The number of nitrogens with one attached hydrogen (secondary N) is 2. The van der Waals surface area contributed by atoms with Gasteiger partial charge in [-0.2, -0.15) is 13.5 Å². The molecule has 0 aliphatic rings. The molecule has 1 atom stereocenters. The van der Waals surface area contributed by atoms with Crippen LogP contribution in [0.4, 0.5) is 0 Å². The van der Waals surface area contributed by atoms with Crippen LogP contribution in [0.2, 0.25) is 0 Å². The number of amides is 1. The van der Waals surface area contributed by atoms with Gasteiger partial charge in [-0.1, -0.05) is 49.7 Å². The number of rotatable bonds is 7. The van der Waals surface area contributed by atoms with Gasteiger partial charge in [-0.05, 0) is 30.5 Å². The lowest BCUT2D eigenvalue weighted by Crippen LogP contribution is -2.49. The predicted molar refractivity (Wildman–Crippen MR) is 109 cm³/mol. The molecule has 28 heavy (non-hydrogen) atoms. The molecule has 1 heterocycles. The van der Waals surface area contributed by atoms with Crippen molar-refractivity contribution in [3.63, 3.8) is 0 Å². The monoisotopic (exact) mass is 418 g/mol. The summed E-state index contributed by atoms with van der Waals surface area (Å²) in [6, 6.07) is 11.7. The summed E-state index contributed by atoms with van der Waals surface area (Å²) in [6.07, 6.45) is 0. The van der Waals surface area contributed by atoms with Crippen LogP contribution in [0, 0.1) is 12.8 Å². The van der Waals surface area contributed by atoms with E-state index < -0.39 is 16.1 Å². The molecule has 9 heteroatoms. The van der Waals surface area contributed by atoms with E-state index in [0.717, 1.165) is 22.9 Å². The fraction of sp³-hybridized carbons (Fsp3) is 0.316. The second-order valence-corrected chi connectivity index (χ2v) is 9.15. The lowest BCUT2D eigenvalue weighted by Gasteiger charge is -2.21. The average Bonchev–Trinajstić information content (AvgIpc) is 3.14. The minimum absolute atomic E-state index is 0.0238. The van der Waals surface area contributed by atoms with E-state index in [-0.39, 0.29) is 16.7 Å². The predicted octanol–water partition coefficient (Wildman–Crippen LogP) is 2.62. The van der Waals surface area contributed by atoms with Crippen LogP contribution < -0.4 is 10.0 Å². The Morgan fingerprint density at radius 1 is 1.11 bits per heavy atom. The van der Waals surface area contributed by atoms with Crippen molar-refractivity contribution in [3.8, 4) is 0 Å². The van der Waals surface area contributed by atoms with E-state index in [1.54, 1.807) is 26.0 Å². The van der Waals surface area contributed by atoms with E-state index in [9.17, 15) is 13.2 Å². The Hall–Kier alpha value is -2.36. The van der Waals surface area contributed by atoms with Crippen molar-refractivity contribution < 1.29 is 13.2 Å². The molecule has 0 radical (unpaired) electrons. The maximum Gasteiger partial charge on any atom is 0.243 e. The molecule has 3 aromatic rings. The standard InChI is InChI=1S/C19H22N4O3S2/c1-12(2)17(19(24)20-11-14-9-7-13(3)8-10-14)23-28(25,26)16-6-4-5-15-18(16)22-27-21-15/h4-10,12,17,23H,11H2,1-3H3,(H,20,24)/t17-/m1/s1. The summed E-state index contributed by atoms with van der Waals surface area (Å²) < 4.78 is 36.5. The van der Waals surface area contributed by atoms with Gasteiger partial charge < -0.3 is 5.32 Å². The Balaban J connectivity index is 1.77. The summed E-state index contributed by atoms with van der Waals surface area (Å²) in [6.45, 7) is 5.91. The Morgan fingerprint density at radius 2 is 1.82 bits per heavy atom. The molecular formula is C19H22N4O3S2. The van der Waals surface area contributed by atoms with Crippen LogP contribution in [0.15, 0.2) is 47.4 Å². The van der Waals surface area contributed by atoms with Crippen molar-refractivity contribution >= 4 is 38.7 Å². The van der Waals surface area contributed by atoms with Crippen LogP contribution in [0.25, 0.3) is 11.0 Å². The maximum absolute atomic E-state index is 12.9. The van der Waals surface area contributed by atoms with Gasteiger partial charge in [0.2, 0.25) is 15.9 Å². The van der Waals surface area contributed by atoms with Crippen LogP contribution in [-0.2, 0) is 21.4 Å². The molecule has 0 saturated carbocycles. The molecule has 0 unspecified atom stereocenters. The number of carbonyl (C=O) groups excluding carboxylic acids is 1. The second kappa shape index (κ2) is 8.34. The summed E-state index contributed by atoms with van der Waals surface area (Å²) in [5, 5.41) is 2.81. The lowest BCUT2D eigenvalue weighted by atomic mass is 10.0. The Bertz CT molecular complexity index is 1080. The van der Waals surface area contributed by atoms with Crippen LogP contribution in [0.5, 0.6) is 0 Å². The molecule has 2 N–H and O–H groups in total. The normalized spacial score (nSPS) is 13.0. The van der Waals surface area contributed by atoms with Crippen molar-refractivity contribution in [1.82, 2.24) is 18.8 Å². The molecule has 1 aromatic heterocycles. The van der Waals surface area contributed by atoms with Crippen LogP contribution in [-0.4, -0.2) is 29.1 Å². The first-order chi connectivity index (χ1) is 13.3. The topological polar surface area (TPSA) is 101 Å².